The maximum atomic E-state index is 12.8. The zero-order chi connectivity index (χ0) is 50.7. The highest BCUT2D eigenvalue weighted by molar-refractivity contribution is 5.71. The lowest BCUT2D eigenvalue weighted by molar-refractivity contribution is -0.167. The van der Waals surface area contributed by atoms with Crippen molar-refractivity contribution in [2.24, 2.45) is 0 Å². The molecule has 0 rings (SSSR count). The average molecular weight is 984 g/mol. The highest BCUT2D eigenvalue weighted by Crippen LogP contribution is 2.18. The molecule has 0 aliphatic heterocycles. The van der Waals surface area contributed by atoms with Crippen LogP contribution in [0.15, 0.2) is 36.5 Å². The summed E-state index contributed by atoms with van der Waals surface area (Å²) in [6.07, 6.45) is 71.8. The molecule has 0 bridgehead atoms. The summed E-state index contributed by atoms with van der Waals surface area (Å²) >= 11 is 0. The number of carbonyl (C=O) groups excluding carboxylic acids is 3. The van der Waals surface area contributed by atoms with Crippen molar-refractivity contribution in [3.63, 3.8) is 0 Å². The van der Waals surface area contributed by atoms with E-state index in [1.165, 1.54) is 212 Å². The molecule has 1 atom stereocenters. The molecule has 0 saturated heterocycles. The molecule has 0 aromatic rings. The van der Waals surface area contributed by atoms with Gasteiger partial charge in [0.05, 0.1) is 0 Å². The number of hydrogen-bond donors (Lipinski definition) is 0. The molecular formula is C64H118O6. The zero-order valence-electron chi connectivity index (χ0n) is 47.1. The standard InChI is InChI=1S/C64H118O6/c1-4-7-10-13-16-19-22-24-25-26-27-28-29-30-31-32-33-34-35-36-37-38-39-41-42-45-48-51-54-57-63(66)69-60-61(59-68-62(65)56-53-50-47-44-21-18-15-12-9-6-3)70-64(67)58-55-52-49-46-43-40-23-20-17-14-11-8-5-2/h8,11,17,20,40,43,61H,4-7,9-10,12-16,18-19,21-39,41-42,44-60H2,1-3H3/b11-8-,20-17-,43-40-. The molecular weight excluding hydrogens is 865 g/mol. The number of rotatable bonds is 57. The maximum Gasteiger partial charge on any atom is 0.306 e. The number of unbranched alkanes of at least 4 members (excludes halogenated alkanes) is 40. The minimum atomic E-state index is -0.782. The van der Waals surface area contributed by atoms with Crippen molar-refractivity contribution in [1.82, 2.24) is 0 Å². The van der Waals surface area contributed by atoms with Crippen LogP contribution in [0, 0.1) is 0 Å². The number of hydrogen-bond acceptors (Lipinski definition) is 6. The molecule has 0 aliphatic carbocycles. The molecule has 0 saturated carbocycles. The van der Waals surface area contributed by atoms with Gasteiger partial charge in [-0.2, -0.15) is 0 Å². The third-order valence-corrected chi connectivity index (χ3v) is 13.9. The number of esters is 3. The molecule has 70 heavy (non-hydrogen) atoms. The van der Waals surface area contributed by atoms with Crippen LogP contribution in [0.2, 0.25) is 0 Å². The van der Waals surface area contributed by atoms with Gasteiger partial charge in [-0.05, 0) is 51.4 Å². The Morgan fingerprint density at radius 1 is 0.300 bits per heavy atom. The fraction of sp³-hybridized carbons (Fsp3) is 0.859. The molecule has 0 amide bonds. The molecule has 0 radical (unpaired) electrons. The van der Waals surface area contributed by atoms with Crippen molar-refractivity contribution < 1.29 is 28.6 Å². The van der Waals surface area contributed by atoms with Crippen LogP contribution in [0.25, 0.3) is 0 Å². The monoisotopic (exact) mass is 983 g/mol. The van der Waals surface area contributed by atoms with Crippen LogP contribution < -0.4 is 0 Å². The minimum Gasteiger partial charge on any atom is -0.462 e. The van der Waals surface area contributed by atoms with Crippen molar-refractivity contribution >= 4 is 17.9 Å². The zero-order valence-corrected chi connectivity index (χ0v) is 47.1. The van der Waals surface area contributed by atoms with E-state index in [0.717, 1.165) is 83.5 Å². The van der Waals surface area contributed by atoms with E-state index < -0.39 is 6.10 Å². The van der Waals surface area contributed by atoms with Crippen LogP contribution >= 0.6 is 0 Å². The fourth-order valence-electron chi connectivity index (χ4n) is 9.28. The minimum absolute atomic E-state index is 0.0796. The third-order valence-electron chi connectivity index (χ3n) is 13.9. The van der Waals surface area contributed by atoms with Gasteiger partial charge in [-0.25, -0.2) is 0 Å². The van der Waals surface area contributed by atoms with E-state index in [4.69, 9.17) is 14.2 Å². The van der Waals surface area contributed by atoms with Crippen LogP contribution in [0.4, 0.5) is 0 Å². The second-order valence-electron chi connectivity index (χ2n) is 21.0. The first kappa shape index (κ1) is 67.6. The van der Waals surface area contributed by atoms with E-state index in [1.54, 1.807) is 0 Å². The van der Waals surface area contributed by atoms with Crippen molar-refractivity contribution in [3.8, 4) is 0 Å². The van der Waals surface area contributed by atoms with E-state index in [0.29, 0.717) is 19.3 Å². The van der Waals surface area contributed by atoms with Gasteiger partial charge in [-0.15, -0.1) is 0 Å². The molecule has 0 N–H and O–H groups in total. The second-order valence-corrected chi connectivity index (χ2v) is 21.0. The van der Waals surface area contributed by atoms with E-state index in [2.05, 4.69) is 57.2 Å². The van der Waals surface area contributed by atoms with Crippen LogP contribution in [0.1, 0.15) is 335 Å². The normalized spacial score (nSPS) is 12.2. The first-order valence-electron chi connectivity index (χ1n) is 31.0. The van der Waals surface area contributed by atoms with E-state index >= 15 is 0 Å². The van der Waals surface area contributed by atoms with Crippen molar-refractivity contribution in [1.29, 1.82) is 0 Å². The molecule has 0 aromatic heterocycles. The lowest BCUT2D eigenvalue weighted by Gasteiger charge is -2.18. The van der Waals surface area contributed by atoms with Crippen LogP contribution in [-0.2, 0) is 28.6 Å². The molecule has 0 fully saturated rings. The van der Waals surface area contributed by atoms with Gasteiger partial charge in [-0.1, -0.05) is 301 Å². The highest BCUT2D eigenvalue weighted by atomic mass is 16.6. The maximum absolute atomic E-state index is 12.8. The quantitative estimate of drug-likeness (QED) is 0.0261. The predicted octanol–water partition coefficient (Wildman–Crippen LogP) is 20.8. The van der Waals surface area contributed by atoms with Gasteiger partial charge in [0.1, 0.15) is 13.2 Å². The molecule has 0 spiro atoms. The van der Waals surface area contributed by atoms with Gasteiger partial charge in [0, 0.05) is 19.3 Å². The Morgan fingerprint density at radius 2 is 0.557 bits per heavy atom. The Morgan fingerprint density at radius 3 is 0.871 bits per heavy atom. The van der Waals surface area contributed by atoms with Gasteiger partial charge in [0.2, 0.25) is 0 Å². The first-order chi connectivity index (χ1) is 34.5. The summed E-state index contributed by atoms with van der Waals surface area (Å²) in [5.41, 5.74) is 0. The summed E-state index contributed by atoms with van der Waals surface area (Å²) < 4.78 is 16.8. The molecule has 6 nitrogen and oxygen atoms in total. The Balaban J connectivity index is 4.07. The van der Waals surface area contributed by atoms with Gasteiger partial charge >= 0.3 is 17.9 Å². The smallest absolute Gasteiger partial charge is 0.306 e. The molecule has 6 heteroatoms. The fourth-order valence-corrected chi connectivity index (χ4v) is 9.28. The summed E-state index contributed by atoms with van der Waals surface area (Å²) in [5, 5.41) is 0. The lowest BCUT2D eigenvalue weighted by Crippen LogP contribution is -2.30. The Hall–Kier alpha value is -2.37. The van der Waals surface area contributed by atoms with E-state index in [9.17, 15) is 14.4 Å². The topological polar surface area (TPSA) is 78.9 Å². The van der Waals surface area contributed by atoms with E-state index in [1.807, 2.05) is 0 Å². The average Bonchev–Trinajstić information content (AvgIpc) is 3.36. The first-order valence-corrected chi connectivity index (χ1v) is 31.0. The lowest BCUT2D eigenvalue weighted by atomic mass is 10.0. The number of ether oxygens (including phenoxy) is 3. The highest BCUT2D eigenvalue weighted by Gasteiger charge is 2.19. The third kappa shape index (κ3) is 56.5. The predicted molar refractivity (Wildman–Crippen MR) is 302 cm³/mol. The molecule has 0 aliphatic rings. The Kier molecular flexibility index (Phi) is 57.2. The SMILES string of the molecule is CC/C=C\C/C=C\C/C=C\CCCCCC(=O)OC(COC(=O)CCCCCCCCCCCC)COC(=O)CCCCCCCCCCCCCCCCCCCCCCCCCCCCCCC. The Bertz CT molecular complexity index is 1170. The van der Waals surface area contributed by atoms with Crippen molar-refractivity contribution in [3.05, 3.63) is 36.5 Å². The van der Waals surface area contributed by atoms with Crippen LogP contribution in [0.5, 0.6) is 0 Å². The van der Waals surface area contributed by atoms with E-state index in [-0.39, 0.29) is 31.1 Å². The van der Waals surface area contributed by atoms with Gasteiger partial charge in [0.25, 0.3) is 0 Å². The summed E-state index contributed by atoms with van der Waals surface area (Å²) in [6, 6.07) is 0. The van der Waals surface area contributed by atoms with Crippen molar-refractivity contribution in [2.45, 2.75) is 341 Å². The summed E-state index contributed by atoms with van der Waals surface area (Å²) in [6.45, 7) is 6.53. The molecule has 0 heterocycles. The summed E-state index contributed by atoms with van der Waals surface area (Å²) in [4.78, 5) is 38.0. The summed E-state index contributed by atoms with van der Waals surface area (Å²) in [7, 11) is 0. The van der Waals surface area contributed by atoms with Gasteiger partial charge < -0.3 is 14.2 Å². The summed E-state index contributed by atoms with van der Waals surface area (Å²) in [5.74, 6) is -0.894. The van der Waals surface area contributed by atoms with Crippen LogP contribution in [0.3, 0.4) is 0 Å². The van der Waals surface area contributed by atoms with Crippen molar-refractivity contribution in [2.75, 3.05) is 13.2 Å². The van der Waals surface area contributed by atoms with Crippen LogP contribution in [-0.4, -0.2) is 37.2 Å². The Labute approximate surface area is 435 Å². The van der Waals surface area contributed by atoms with Gasteiger partial charge in [-0.3, -0.25) is 14.4 Å². The number of carbonyl (C=O) groups is 3. The second kappa shape index (κ2) is 59.2. The molecule has 1 unspecified atom stereocenters. The largest absolute Gasteiger partial charge is 0.462 e. The molecule has 0 aromatic carbocycles. The number of allylic oxidation sites excluding steroid dienone is 6. The molecule has 410 valence electrons. The van der Waals surface area contributed by atoms with Gasteiger partial charge in [0.15, 0.2) is 6.10 Å².